The lowest BCUT2D eigenvalue weighted by Gasteiger charge is -2.06. The molecule has 0 amide bonds. The molecule has 0 aromatic carbocycles. The van der Waals surface area contributed by atoms with Crippen LogP contribution in [0.2, 0.25) is 0 Å². The van der Waals surface area contributed by atoms with Crippen molar-refractivity contribution >= 4 is 17.3 Å². The number of nitrogens with one attached hydrogen (secondary N) is 1. The molecule has 1 aromatic rings. The molecule has 0 bridgehead atoms. The van der Waals surface area contributed by atoms with Gasteiger partial charge in [-0.2, -0.15) is 0 Å². The zero-order valence-electron chi connectivity index (χ0n) is 6.93. The van der Waals surface area contributed by atoms with Crippen LogP contribution in [-0.2, 0) is 11.3 Å². The third kappa shape index (κ3) is 3.49. The maximum absolute atomic E-state index is 10.3. The molecule has 1 heterocycles. The standard InChI is InChI=1S/C7H11N3O2S/c8-5(7(11)12)3-9-4-6-10-1-2-13-6/h1-2,5,9H,3-4,8H2,(H,11,12). The van der Waals surface area contributed by atoms with Gasteiger partial charge < -0.3 is 16.2 Å². The predicted octanol–water partition coefficient (Wildman–Crippen LogP) is -0.355. The van der Waals surface area contributed by atoms with Crippen molar-refractivity contribution in [1.29, 1.82) is 0 Å². The van der Waals surface area contributed by atoms with E-state index in [1.54, 1.807) is 6.20 Å². The zero-order chi connectivity index (χ0) is 9.68. The van der Waals surface area contributed by atoms with Crippen LogP contribution in [0.25, 0.3) is 0 Å². The van der Waals surface area contributed by atoms with Crippen LogP contribution in [0.15, 0.2) is 11.6 Å². The van der Waals surface area contributed by atoms with Gasteiger partial charge in [-0.05, 0) is 0 Å². The number of carboxylic acids is 1. The second-order valence-electron chi connectivity index (χ2n) is 2.50. The lowest BCUT2D eigenvalue weighted by molar-refractivity contribution is -0.138. The molecule has 0 saturated carbocycles. The van der Waals surface area contributed by atoms with Crippen molar-refractivity contribution in [1.82, 2.24) is 10.3 Å². The zero-order valence-corrected chi connectivity index (χ0v) is 7.75. The number of nitrogens with two attached hydrogens (primary N) is 1. The number of carbonyl (C=O) groups is 1. The average Bonchev–Trinajstić information content (AvgIpc) is 2.56. The number of nitrogens with zero attached hydrogens (tertiary/aromatic N) is 1. The third-order valence-electron chi connectivity index (χ3n) is 1.44. The quantitative estimate of drug-likeness (QED) is 0.605. The number of hydrogen-bond donors (Lipinski definition) is 3. The van der Waals surface area contributed by atoms with Crippen LogP contribution >= 0.6 is 11.3 Å². The summed E-state index contributed by atoms with van der Waals surface area (Å²) in [6, 6.07) is -0.847. The first kappa shape index (κ1) is 10.1. The predicted molar refractivity (Wildman–Crippen MR) is 49.4 cm³/mol. The second-order valence-corrected chi connectivity index (χ2v) is 3.48. The fraction of sp³-hybridized carbons (Fsp3) is 0.429. The smallest absolute Gasteiger partial charge is 0.321 e. The van der Waals surface area contributed by atoms with E-state index in [2.05, 4.69) is 10.3 Å². The van der Waals surface area contributed by atoms with Gasteiger partial charge in [-0.15, -0.1) is 11.3 Å². The molecule has 4 N–H and O–H groups in total. The molecule has 0 spiro atoms. The number of aromatic nitrogens is 1. The van der Waals surface area contributed by atoms with Gasteiger partial charge in [-0.3, -0.25) is 4.79 Å². The molecule has 0 radical (unpaired) electrons. The summed E-state index contributed by atoms with van der Waals surface area (Å²) < 4.78 is 0. The Labute approximate surface area is 79.6 Å². The van der Waals surface area contributed by atoms with Crippen LogP contribution in [-0.4, -0.2) is 28.6 Å². The monoisotopic (exact) mass is 201 g/mol. The van der Waals surface area contributed by atoms with Crippen molar-refractivity contribution in [3.8, 4) is 0 Å². The Kier molecular flexibility index (Phi) is 3.81. The highest BCUT2D eigenvalue weighted by Gasteiger charge is 2.09. The van der Waals surface area contributed by atoms with Crippen molar-refractivity contribution in [3.05, 3.63) is 16.6 Å². The van der Waals surface area contributed by atoms with Gasteiger partial charge in [0.05, 0.1) is 0 Å². The van der Waals surface area contributed by atoms with Gasteiger partial charge in [-0.1, -0.05) is 0 Å². The number of rotatable bonds is 5. The summed E-state index contributed by atoms with van der Waals surface area (Å²) in [5.41, 5.74) is 5.28. The first-order valence-corrected chi connectivity index (χ1v) is 4.65. The van der Waals surface area contributed by atoms with Gasteiger partial charge in [0.15, 0.2) is 0 Å². The van der Waals surface area contributed by atoms with Gasteiger partial charge in [0, 0.05) is 24.7 Å². The fourth-order valence-electron chi connectivity index (χ4n) is 0.762. The first-order chi connectivity index (χ1) is 6.20. The highest BCUT2D eigenvalue weighted by atomic mass is 32.1. The van der Waals surface area contributed by atoms with Gasteiger partial charge in [0.1, 0.15) is 11.0 Å². The maximum atomic E-state index is 10.3. The summed E-state index contributed by atoms with van der Waals surface area (Å²) in [6.07, 6.45) is 1.71. The molecule has 0 saturated heterocycles. The normalized spacial score (nSPS) is 12.7. The van der Waals surface area contributed by atoms with Crippen molar-refractivity contribution in [2.24, 2.45) is 5.73 Å². The summed E-state index contributed by atoms with van der Waals surface area (Å²) in [4.78, 5) is 14.3. The fourth-order valence-corrected chi connectivity index (χ4v) is 1.35. The molecule has 0 fully saturated rings. The number of aliphatic carboxylic acids is 1. The number of carboxylic acid groups (broad SMARTS) is 1. The summed E-state index contributed by atoms with van der Waals surface area (Å²) in [6.45, 7) is 0.827. The molecular formula is C7H11N3O2S. The van der Waals surface area contributed by atoms with E-state index in [1.807, 2.05) is 5.38 Å². The molecule has 6 heteroatoms. The van der Waals surface area contributed by atoms with E-state index < -0.39 is 12.0 Å². The van der Waals surface area contributed by atoms with Crippen LogP contribution in [0, 0.1) is 0 Å². The minimum absolute atomic E-state index is 0.259. The minimum atomic E-state index is -0.994. The lowest BCUT2D eigenvalue weighted by atomic mass is 10.3. The van der Waals surface area contributed by atoms with Crippen molar-refractivity contribution in [2.45, 2.75) is 12.6 Å². The summed E-state index contributed by atoms with van der Waals surface area (Å²) in [5.74, 6) is -0.994. The minimum Gasteiger partial charge on any atom is -0.480 e. The largest absolute Gasteiger partial charge is 0.480 e. The Morgan fingerprint density at radius 2 is 2.62 bits per heavy atom. The van der Waals surface area contributed by atoms with E-state index in [9.17, 15) is 4.79 Å². The molecule has 1 aromatic heterocycles. The van der Waals surface area contributed by atoms with E-state index >= 15 is 0 Å². The van der Waals surface area contributed by atoms with Crippen molar-refractivity contribution in [2.75, 3.05) is 6.54 Å². The van der Waals surface area contributed by atoms with Gasteiger partial charge in [0.25, 0.3) is 0 Å². The van der Waals surface area contributed by atoms with Crippen LogP contribution in [0.5, 0.6) is 0 Å². The third-order valence-corrected chi connectivity index (χ3v) is 2.22. The van der Waals surface area contributed by atoms with Gasteiger partial charge in [-0.25, -0.2) is 4.98 Å². The Bertz CT molecular complexity index is 263. The Morgan fingerprint density at radius 3 is 3.15 bits per heavy atom. The topological polar surface area (TPSA) is 88.2 Å². The average molecular weight is 201 g/mol. The van der Waals surface area contributed by atoms with E-state index in [1.165, 1.54) is 11.3 Å². The van der Waals surface area contributed by atoms with Crippen molar-refractivity contribution < 1.29 is 9.90 Å². The van der Waals surface area contributed by atoms with Crippen LogP contribution in [0.3, 0.4) is 0 Å². The van der Waals surface area contributed by atoms with E-state index in [0.717, 1.165) is 5.01 Å². The van der Waals surface area contributed by atoms with Crippen LogP contribution in [0.4, 0.5) is 0 Å². The maximum Gasteiger partial charge on any atom is 0.321 e. The Balaban J connectivity index is 2.18. The molecule has 0 aliphatic heterocycles. The molecular weight excluding hydrogens is 190 g/mol. The molecule has 0 aliphatic rings. The highest BCUT2D eigenvalue weighted by molar-refractivity contribution is 7.09. The van der Waals surface area contributed by atoms with Gasteiger partial charge >= 0.3 is 5.97 Å². The van der Waals surface area contributed by atoms with Crippen LogP contribution in [0.1, 0.15) is 5.01 Å². The molecule has 1 atom stereocenters. The lowest BCUT2D eigenvalue weighted by Crippen LogP contribution is -2.39. The highest BCUT2D eigenvalue weighted by Crippen LogP contribution is 2.02. The Hall–Kier alpha value is -0.980. The van der Waals surface area contributed by atoms with Crippen molar-refractivity contribution in [3.63, 3.8) is 0 Å². The first-order valence-electron chi connectivity index (χ1n) is 3.77. The summed E-state index contributed by atoms with van der Waals surface area (Å²) in [7, 11) is 0. The molecule has 13 heavy (non-hydrogen) atoms. The van der Waals surface area contributed by atoms with E-state index in [4.69, 9.17) is 10.8 Å². The number of thiazole rings is 1. The van der Waals surface area contributed by atoms with E-state index in [0.29, 0.717) is 6.54 Å². The molecule has 72 valence electrons. The summed E-state index contributed by atoms with van der Waals surface area (Å²) >= 11 is 1.52. The van der Waals surface area contributed by atoms with E-state index in [-0.39, 0.29) is 6.54 Å². The number of hydrogen-bond acceptors (Lipinski definition) is 5. The van der Waals surface area contributed by atoms with Crippen LogP contribution < -0.4 is 11.1 Å². The SMILES string of the molecule is NC(CNCc1nccs1)C(=O)O. The molecule has 1 rings (SSSR count). The second kappa shape index (κ2) is 4.90. The molecule has 1 unspecified atom stereocenters. The summed E-state index contributed by atoms with van der Waals surface area (Å²) in [5, 5.41) is 14.2. The molecule has 5 nitrogen and oxygen atoms in total. The molecule has 0 aliphatic carbocycles. The van der Waals surface area contributed by atoms with Gasteiger partial charge in [0.2, 0.25) is 0 Å². The Morgan fingerprint density at radius 1 is 1.85 bits per heavy atom.